The number of methoxy groups -OCH3 is 1. The van der Waals surface area contributed by atoms with Crippen LogP contribution in [-0.2, 0) is 9.53 Å². The molecule has 8 nitrogen and oxygen atoms in total. The molecule has 1 saturated carbocycles. The summed E-state index contributed by atoms with van der Waals surface area (Å²) < 4.78 is 17.2. The Hall–Kier alpha value is -3.13. The Morgan fingerprint density at radius 2 is 1.92 bits per heavy atom. The molecule has 3 aliphatic rings. The second kappa shape index (κ2) is 12.4. The molecule has 2 aliphatic heterocycles. The molecule has 0 bridgehead atoms. The minimum Gasteiger partial charge on any atom is -0.497 e. The first-order valence-electron chi connectivity index (χ1n) is 14.3. The van der Waals surface area contributed by atoms with Crippen LogP contribution in [0.15, 0.2) is 36.5 Å². The van der Waals surface area contributed by atoms with Gasteiger partial charge in [-0.1, -0.05) is 6.92 Å². The third-order valence-corrected chi connectivity index (χ3v) is 8.63. The van der Waals surface area contributed by atoms with Crippen molar-refractivity contribution in [2.45, 2.75) is 51.4 Å². The topological polar surface area (TPSA) is 98.2 Å². The molecule has 1 aromatic heterocycles. The largest absolute Gasteiger partial charge is 0.497 e. The van der Waals surface area contributed by atoms with E-state index in [4.69, 9.17) is 14.2 Å². The van der Waals surface area contributed by atoms with Crippen molar-refractivity contribution < 1.29 is 28.9 Å². The zero-order chi connectivity index (χ0) is 27.4. The highest BCUT2D eigenvalue weighted by molar-refractivity contribution is 6.03. The van der Waals surface area contributed by atoms with Gasteiger partial charge in [0.2, 0.25) is 5.88 Å². The molecular weight excluding hydrogens is 496 g/mol. The zero-order valence-corrected chi connectivity index (χ0v) is 23.0. The van der Waals surface area contributed by atoms with E-state index >= 15 is 0 Å². The lowest BCUT2D eigenvalue weighted by Crippen LogP contribution is -2.37. The van der Waals surface area contributed by atoms with Crippen LogP contribution in [0, 0.1) is 23.7 Å². The number of Topliss-reactive ketones (excluding diaryl/α,β-unsaturated/α-hetero) is 1. The van der Waals surface area contributed by atoms with Crippen LogP contribution < -0.4 is 14.4 Å². The molecule has 1 N–H and O–H groups in total. The fourth-order valence-corrected chi connectivity index (χ4v) is 6.11. The lowest BCUT2D eigenvalue weighted by molar-refractivity contribution is -0.142. The minimum absolute atomic E-state index is 0.00367. The molecule has 2 saturated heterocycles. The van der Waals surface area contributed by atoms with Crippen molar-refractivity contribution in [3.05, 3.63) is 47.7 Å². The second-order valence-corrected chi connectivity index (χ2v) is 11.3. The van der Waals surface area contributed by atoms with E-state index in [1.54, 1.807) is 20.2 Å². The standard InChI is InChI=1S/C31H40N2O6/c1-20(31(35)36)29(22-5-6-22)23-9-12-32-28(16-23)39-18-21-10-13-33(14-11-21)27-17-25(37-2)7-8-26(27)30(34)24-4-3-15-38-19-24/h7-9,12,16-17,20-22,24,29H,3-6,10-11,13-15,18-19H2,1-2H3,(H,35,36)/t20-,24+,29-/m0/s1. The van der Waals surface area contributed by atoms with Gasteiger partial charge in [0, 0.05) is 49.5 Å². The van der Waals surface area contributed by atoms with E-state index in [1.807, 2.05) is 30.3 Å². The number of anilines is 1. The maximum atomic E-state index is 13.4. The number of rotatable bonds is 11. The van der Waals surface area contributed by atoms with E-state index in [2.05, 4.69) is 9.88 Å². The first-order valence-corrected chi connectivity index (χ1v) is 14.3. The van der Waals surface area contributed by atoms with E-state index in [-0.39, 0.29) is 17.6 Å². The highest BCUT2D eigenvalue weighted by Gasteiger charge is 2.39. The predicted octanol–water partition coefficient (Wildman–Crippen LogP) is 5.21. The summed E-state index contributed by atoms with van der Waals surface area (Å²) in [5, 5.41) is 9.60. The summed E-state index contributed by atoms with van der Waals surface area (Å²) >= 11 is 0. The van der Waals surface area contributed by atoms with E-state index in [9.17, 15) is 14.7 Å². The second-order valence-electron chi connectivity index (χ2n) is 11.3. The number of piperidine rings is 1. The number of carboxylic acids is 1. The van der Waals surface area contributed by atoms with Crippen molar-refractivity contribution >= 4 is 17.4 Å². The third kappa shape index (κ3) is 6.55. The van der Waals surface area contributed by atoms with Gasteiger partial charge in [-0.05, 0) is 80.0 Å². The molecule has 1 aromatic carbocycles. The van der Waals surface area contributed by atoms with Gasteiger partial charge in [0.15, 0.2) is 5.78 Å². The van der Waals surface area contributed by atoms with E-state index < -0.39 is 11.9 Å². The first-order chi connectivity index (χ1) is 18.9. The van der Waals surface area contributed by atoms with Gasteiger partial charge in [-0.25, -0.2) is 4.98 Å². The SMILES string of the molecule is COc1ccc(C(=O)[C@@H]2CCCOC2)c(N2CCC(COc3cc([C@H](C4CC4)[C@H](C)C(=O)O)ccn3)CC2)c1. The van der Waals surface area contributed by atoms with Crippen molar-refractivity contribution in [2.24, 2.45) is 23.7 Å². The quantitative estimate of drug-likeness (QED) is 0.391. The highest BCUT2D eigenvalue weighted by atomic mass is 16.5. The van der Waals surface area contributed by atoms with Gasteiger partial charge >= 0.3 is 5.97 Å². The zero-order valence-electron chi connectivity index (χ0n) is 23.0. The third-order valence-electron chi connectivity index (χ3n) is 8.63. The summed E-state index contributed by atoms with van der Waals surface area (Å²) in [6.07, 6.45) is 7.56. The van der Waals surface area contributed by atoms with Crippen molar-refractivity contribution in [1.82, 2.24) is 4.98 Å². The number of carboxylic acid groups (broad SMARTS) is 1. The normalized spacial score (nSPS) is 21.7. The molecular formula is C31H40N2O6. The molecule has 210 valence electrons. The molecule has 0 radical (unpaired) electrons. The first kappa shape index (κ1) is 27.4. The number of ether oxygens (including phenoxy) is 3. The molecule has 8 heteroatoms. The van der Waals surface area contributed by atoms with Crippen LogP contribution in [0.4, 0.5) is 5.69 Å². The van der Waals surface area contributed by atoms with Crippen LogP contribution in [-0.4, -0.2) is 61.9 Å². The van der Waals surface area contributed by atoms with Crippen LogP contribution in [0.2, 0.25) is 0 Å². The Kier molecular flexibility index (Phi) is 8.70. The Bertz CT molecular complexity index is 1150. The Balaban J connectivity index is 1.20. The van der Waals surface area contributed by atoms with Crippen molar-refractivity contribution in [3.63, 3.8) is 0 Å². The lowest BCUT2D eigenvalue weighted by Gasteiger charge is -2.35. The van der Waals surface area contributed by atoms with E-state index in [0.717, 1.165) is 80.8 Å². The summed E-state index contributed by atoms with van der Waals surface area (Å²) in [6, 6.07) is 9.62. The molecule has 39 heavy (non-hydrogen) atoms. The van der Waals surface area contributed by atoms with E-state index in [0.29, 0.717) is 30.9 Å². The Morgan fingerprint density at radius 1 is 1.13 bits per heavy atom. The fourth-order valence-electron chi connectivity index (χ4n) is 6.11. The maximum absolute atomic E-state index is 13.4. The average molecular weight is 537 g/mol. The summed E-state index contributed by atoms with van der Waals surface area (Å²) in [7, 11) is 1.65. The molecule has 2 aromatic rings. The number of pyridine rings is 1. The molecule has 3 heterocycles. The fraction of sp³-hybridized carbons (Fsp3) is 0.581. The predicted molar refractivity (Wildman–Crippen MR) is 148 cm³/mol. The number of hydrogen-bond acceptors (Lipinski definition) is 7. The van der Waals surface area contributed by atoms with Crippen LogP contribution in [0.25, 0.3) is 0 Å². The van der Waals surface area contributed by atoms with Crippen LogP contribution in [0.3, 0.4) is 0 Å². The number of benzene rings is 1. The van der Waals surface area contributed by atoms with Gasteiger partial charge in [0.05, 0.1) is 31.9 Å². The minimum atomic E-state index is -0.758. The highest BCUT2D eigenvalue weighted by Crippen LogP contribution is 2.47. The van der Waals surface area contributed by atoms with Gasteiger partial charge in [-0.15, -0.1) is 0 Å². The molecule has 0 amide bonds. The number of hydrogen-bond donors (Lipinski definition) is 1. The summed E-state index contributed by atoms with van der Waals surface area (Å²) in [6.45, 7) is 5.25. The summed E-state index contributed by atoms with van der Waals surface area (Å²) in [5.41, 5.74) is 2.70. The van der Waals surface area contributed by atoms with Gasteiger partial charge in [0.1, 0.15) is 5.75 Å². The van der Waals surface area contributed by atoms with Gasteiger partial charge in [-0.3, -0.25) is 9.59 Å². The smallest absolute Gasteiger partial charge is 0.306 e. The number of ketones is 1. The molecule has 0 unspecified atom stereocenters. The van der Waals surface area contributed by atoms with Gasteiger partial charge in [0.25, 0.3) is 0 Å². The number of nitrogens with zero attached hydrogens (tertiary/aromatic N) is 2. The van der Waals surface area contributed by atoms with Crippen molar-refractivity contribution in [1.29, 1.82) is 0 Å². The molecule has 3 fully saturated rings. The van der Waals surface area contributed by atoms with Gasteiger partial charge in [-0.2, -0.15) is 0 Å². The number of aliphatic carboxylic acids is 1. The van der Waals surface area contributed by atoms with E-state index in [1.165, 1.54) is 0 Å². The van der Waals surface area contributed by atoms with Gasteiger partial charge < -0.3 is 24.2 Å². The average Bonchev–Trinajstić information content (AvgIpc) is 3.81. The van der Waals surface area contributed by atoms with Crippen LogP contribution in [0.5, 0.6) is 11.6 Å². The maximum Gasteiger partial charge on any atom is 0.306 e. The number of aromatic nitrogens is 1. The molecule has 0 spiro atoms. The Morgan fingerprint density at radius 3 is 2.59 bits per heavy atom. The Labute approximate surface area is 230 Å². The molecule has 1 aliphatic carbocycles. The lowest BCUT2D eigenvalue weighted by atomic mass is 9.84. The van der Waals surface area contributed by atoms with Crippen LogP contribution >= 0.6 is 0 Å². The number of carbonyl (C=O) groups is 2. The van der Waals surface area contributed by atoms with Crippen molar-refractivity contribution in [2.75, 3.05) is 44.9 Å². The molecule has 3 atom stereocenters. The monoisotopic (exact) mass is 536 g/mol. The van der Waals surface area contributed by atoms with Crippen molar-refractivity contribution in [3.8, 4) is 11.6 Å². The summed E-state index contributed by atoms with van der Waals surface area (Å²) in [5.74, 6) is 0.991. The molecule has 5 rings (SSSR count). The number of carbonyl (C=O) groups excluding carboxylic acids is 1. The van der Waals surface area contributed by atoms with Crippen LogP contribution in [0.1, 0.15) is 67.3 Å². The summed E-state index contributed by atoms with van der Waals surface area (Å²) in [4.78, 5) is 31.8.